The Balaban J connectivity index is 1.56. The number of benzene rings is 3. The molecule has 9 heteroatoms. The molecule has 0 unspecified atom stereocenters. The number of ether oxygens (including phenoxy) is 2. The lowest BCUT2D eigenvalue weighted by molar-refractivity contribution is -0.135. The van der Waals surface area contributed by atoms with Crippen LogP contribution in [0.1, 0.15) is 22.9 Å². The number of hydrogen-bond acceptors (Lipinski definition) is 3. The van der Waals surface area contributed by atoms with Gasteiger partial charge in [-0.15, -0.1) is 0 Å². The Morgan fingerprint density at radius 3 is 2.49 bits per heavy atom. The van der Waals surface area contributed by atoms with Crippen molar-refractivity contribution in [3.63, 3.8) is 0 Å². The fourth-order valence-corrected chi connectivity index (χ4v) is 4.62. The van der Waals surface area contributed by atoms with Crippen LogP contribution in [0.25, 0.3) is 10.9 Å². The average Bonchev–Trinajstić information content (AvgIpc) is 3.23. The van der Waals surface area contributed by atoms with Crippen LogP contribution in [0.2, 0.25) is 5.02 Å². The van der Waals surface area contributed by atoms with Crippen molar-refractivity contribution in [1.29, 1.82) is 0 Å². The predicted octanol–water partition coefficient (Wildman–Crippen LogP) is 5.80. The number of methoxy groups -OCH3 is 1. The van der Waals surface area contributed by atoms with Crippen LogP contribution < -0.4 is 9.47 Å². The maximum absolute atomic E-state index is 15.0. The highest BCUT2D eigenvalue weighted by Crippen LogP contribution is 2.40. The Labute approximate surface area is 204 Å². The fourth-order valence-electron chi connectivity index (χ4n) is 4.49. The first-order valence-corrected chi connectivity index (χ1v) is 11.2. The number of rotatable bonds is 5. The van der Waals surface area contributed by atoms with Crippen LogP contribution in [0.15, 0.2) is 54.6 Å². The van der Waals surface area contributed by atoms with Gasteiger partial charge in [0.2, 0.25) is 0 Å². The van der Waals surface area contributed by atoms with Crippen LogP contribution in [-0.4, -0.2) is 36.1 Å². The second-order valence-corrected chi connectivity index (χ2v) is 8.64. The molecule has 0 radical (unpaired) electrons. The molecular formula is C26H20ClF3N2O3. The minimum Gasteiger partial charge on any atom is -0.497 e. The zero-order chi connectivity index (χ0) is 24.7. The molecule has 0 spiro atoms. The standard InChI is InChI=1S/C26H20ClF3N2O3/c1-34-16-6-7-23-18(10-16)17-8-9-32(24(33)13-35-15-4-2-14(27)3-5-15)26(25(17)31-23)19-11-21(29)22(30)12-20(19)28/h2-7,10-12,26,31H,8-9,13H2,1H3/t26-/m1/s1. The minimum atomic E-state index is -1.30. The van der Waals surface area contributed by atoms with Crippen LogP contribution in [0.3, 0.4) is 0 Å². The van der Waals surface area contributed by atoms with E-state index in [1.165, 1.54) is 4.90 Å². The van der Waals surface area contributed by atoms with Crippen molar-refractivity contribution in [2.24, 2.45) is 0 Å². The predicted molar refractivity (Wildman–Crippen MR) is 125 cm³/mol. The zero-order valence-electron chi connectivity index (χ0n) is 18.6. The van der Waals surface area contributed by atoms with Crippen molar-refractivity contribution in [3.05, 3.63) is 93.9 Å². The van der Waals surface area contributed by atoms with Gasteiger partial charge < -0.3 is 19.4 Å². The number of halogens is 4. The summed E-state index contributed by atoms with van der Waals surface area (Å²) in [6, 6.07) is 12.3. The Bertz CT molecular complexity index is 1420. The molecule has 1 atom stereocenters. The van der Waals surface area contributed by atoms with Gasteiger partial charge in [0.05, 0.1) is 7.11 Å². The summed E-state index contributed by atoms with van der Waals surface area (Å²) in [7, 11) is 1.56. The van der Waals surface area contributed by atoms with Crippen molar-refractivity contribution < 1.29 is 27.4 Å². The Kier molecular flexibility index (Phi) is 6.06. The largest absolute Gasteiger partial charge is 0.497 e. The number of fused-ring (bicyclic) bond motifs is 3. The molecule has 1 aromatic heterocycles. The van der Waals surface area contributed by atoms with Crippen molar-refractivity contribution >= 4 is 28.4 Å². The third-order valence-electron chi connectivity index (χ3n) is 6.16. The normalized spacial score (nSPS) is 15.2. The number of H-pyrrole nitrogens is 1. The van der Waals surface area contributed by atoms with Gasteiger partial charge in [-0.05, 0) is 60.5 Å². The molecule has 0 saturated heterocycles. The Morgan fingerprint density at radius 2 is 1.74 bits per heavy atom. The van der Waals surface area contributed by atoms with E-state index in [-0.39, 0.29) is 18.7 Å². The van der Waals surface area contributed by atoms with Gasteiger partial charge in [0.15, 0.2) is 18.2 Å². The molecule has 2 heterocycles. The SMILES string of the molecule is COc1ccc2[nH]c3c(c2c1)CCN(C(=O)COc1ccc(Cl)cc1)[C@@H]3c1cc(F)c(F)cc1F. The molecule has 35 heavy (non-hydrogen) atoms. The van der Waals surface area contributed by atoms with Gasteiger partial charge in [0, 0.05) is 39.8 Å². The molecule has 0 aliphatic carbocycles. The Morgan fingerprint density at radius 1 is 1.03 bits per heavy atom. The number of carbonyl (C=O) groups is 1. The number of aromatic amines is 1. The lowest BCUT2D eigenvalue weighted by atomic mass is 9.91. The first kappa shape index (κ1) is 23.1. The van der Waals surface area contributed by atoms with Crippen LogP contribution in [0.4, 0.5) is 13.2 Å². The topological polar surface area (TPSA) is 54.6 Å². The maximum atomic E-state index is 15.0. The summed E-state index contributed by atoms with van der Waals surface area (Å²) < 4.78 is 53.9. The molecule has 180 valence electrons. The van der Waals surface area contributed by atoms with Crippen molar-refractivity contribution in [2.45, 2.75) is 12.5 Å². The molecule has 1 aliphatic heterocycles. The first-order chi connectivity index (χ1) is 16.9. The molecule has 0 bridgehead atoms. The first-order valence-electron chi connectivity index (χ1n) is 10.9. The summed E-state index contributed by atoms with van der Waals surface area (Å²) in [6.07, 6.45) is 0.469. The summed E-state index contributed by atoms with van der Waals surface area (Å²) in [6.45, 7) is -0.101. The van der Waals surface area contributed by atoms with Gasteiger partial charge in [0.25, 0.3) is 5.91 Å². The lowest BCUT2D eigenvalue weighted by Gasteiger charge is -2.36. The van der Waals surface area contributed by atoms with Crippen molar-refractivity contribution in [3.8, 4) is 11.5 Å². The zero-order valence-corrected chi connectivity index (χ0v) is 19.3. The molecule has 5 nitrogen and oxygen atoms in total. The van der Waals surface area contributed by atoms with E-state index in [4.69, 9.17) is 21.1 Å². The second-order valence-electron chi connectivity index (χ2n) is 8.20. The van der Waals surface area contributed by atoms with Crippen LogP contribution in [0.5, 0.6) is 11.5 Å². The number of carbonyl (C=O) groups excluding carboxylic acids is 1. The smallest absolute Gasteiger partial charge is 0.261 e. The minimum absolute atomic E-state index is 0.150. The van der Waals surface area contributed by atoms with Crippen molar-refractivity contribution in [1.82, 2.24) is 9.88 Å². The van der Waals surface area contributed by atoms with Gasteiger partial charge >= 0.3 is 0 Å². The van der Waals surface area contributed by atoms with Gasteiger partial charge in [-0.2, -0.15) is 0 Å². The highest BCUT2D eigenvalue weighted by Gasteiger charge is 2.37. The molecule has 0 saturated carbocycles. The molecule has 3 aromatic carbocycles. The Hall–Kier alpha value is -3.65. The maximum Gasteiger partial charge on any atom is 0.261 e. The second kappa shape index (κ2) is 9.19. The molecule has 1 amide bonds. The molecule has 5 rings (SSSR count). The molecular weight excluding hydrogens is 481 g/mol. The summed E-state index contributed by atoms with van der Waals surface area (Å²) >= 11 is 5.89. The van der Waals surface area contributed by atoms with E-state index in [0.717, 1.165) is 22.5 Å². The molecule has 1 N–H and O–H groups in total. The quantitative estimate of drug-likeness (QED) is 0.352. The average molecular weight is 501 g/mol. The third-order valence-corrected chi connectivity index (χ3v) is 6.42. The molecule has 0 fully saturated rings. The number of nitrogens with zero attached hydrogens (tertiary/aromatic N) is 1. The van der Waals surface area contributed by atoms with Gasteiger partial charge in [-0.1, -0.05) is 11.6 Å². The highest BCUT2D eigenvalue weighted by molar-refractivity contribution is 6.30. The van der Waals surface area contributed by atoms with Crippen molar-refractivity contribution in [2.75, 3.05) is 20.3 Å². The molecule has 1 aliphatic rings. The number of nitrogens with one attached hydrogen (secondary N) is 1. The van der Waals surface area contributed by atoms with Crippen LogP contribution in [0, 0.1) is 17.5 Å². The number of amides is 1. The molecule has 4 aromatic rings. The summed E-state index contributed by atoms with van der Waals surface area (Å²) in [5, 5.41) is 1.38. The lowest BCUT2D eigenvalue weighted by Crippen LogP contribution is -2.43. The van der Waals surface area contributed by atoms with Gasteiger partial charge in [0.1, 0.15) is 23.4 Å². The summed E-state index contributed by atoms with van der Waals surface area (Å²) in [4.78, 5) is 17.9. The summed E-state index contributed by atoms with van der Waals surface area (Å²) in [5.41, 5.74) is 2.00. The summed E-state index contributed by atoms with van der Waals surface area (Å²) in [5.74, 6) is -2.80. The monoisotopic (exact) mass is 500 g/mol. The van der Waals surface area contributed by atoms with E-state index in [1.54, 1.807) is 37.4 Å². The van der Waals surface area contributed by atoms with Gasteiger partial charge in [-0.3, -0.25) is 4.79 Å². The van der Waals surface area contributed by atoms with E-state index in [2.05, 4.69) is 4.98 Å². The van der Waals surface area contributed by atoms with E-state index in [1.807, 2.05) is 12.1 Å². The number of hydrogen-bond donors (Lipinski definition) is 1. The van der Waals surface area contributed by atoms with E-state index in [0.29, 0.717) is 34.7 Å². The van der Waals surface area contributed by atoms with E-state index in [9.17, 15) is 18.0 Å². The van der Waals surface area contributed by atoms with E-state index < -0.39 is 29.4 Å². The van der Waals surface area contributed by atoms with Crippen LogP contribution in [-0.2, 0) is 11.2 Å². The van der Waals surface area contributed by atoms with E-state index >= 15 is 0 Å². The number of aromatic nitrogens is 1. The fraction of sp³-hybridized carbons (Fsp3) is 0.192. The highest BCUT2D eigenvalue weighted by atomic mass is 35.5. The van der Waals surface area contributed by atoms with Crippen LogP contribution >= 0.6 is 11.6 Å². The van der Waals surface area contributed by atoms with Gasteiger partial charge in [-0.25, -0.2) is 13.2 Å². The third kappa shape index (κ3) is 4.30.